The van der Waals surface area contributed by atoms with Gasteiger partial charge in [-0.05, 0) is 47.1 Å². The van der Waals surface area contributed by atoms with Crippen molar-refractivity contribution in [2.24, 2.45) is 0 Å². The molecule has 0 N–H and O–H groups in total. The van der Waals surface area contributed by atoms with E-state index in [-0.39, 0.29) is 0 Å². The zero-order valence-corrected chi connectivity index (χ0v) is 12.5. The van der Waals surface area contributed by atoms with E-state index in [0.29, 0.717) is 0 Å². The Morgan fingerprint density at radius 3 is 2.21 bits per heavy atom. The van der Waals surface area contributed by atoms with Crippen molar-refractivity contribution in [1.29, 1.82) is 0 Å². The van der Waals surface area contributed by atoms with Crippen LogP contribution in [-0.4, -0.2) is 11.5 Å². The maximum Gasteiger partial charge on any atom is 0.00719 e. The molecule has 2 aromatic rings. The summed E-state index contributed by atoms with van der Waals surface area (Å²) in [5.41, 5.74) is 1.27. The molecule has 2 aromatic carbocycles. The molecule has 0 nitrogen and oxygen atoms in total. The van der Waals surface area contributed by atoms with Crippen LogP contribution in [-0.2, 0) is 0 Å². The molecule has 0 aliphatic heterocycles. The quantitative estimate of drug-likeness (QED) is 0.482. The van der Waals surface area contributed by atoms with Gasteiger partial charge in [-0.25, -0.2) is 0 Å². The zero-order chi connectivity index (χ0) is 13.2. The van der Waals surface area contributed by atoms with Crippen molar-refractivity contribution in [1.82, 2.24) is 0 Å². The second-order valence-corrected chi connectivity index (χ2v) is 6.28. The van der Waals surface area contributed by atoms with E-state index in [1.165, 1.54) is 28.4 Å². The molecule has 98 valence electrons. The van der Waals surface area contributed by atoms with Gasteiger partial charge < -0.3 is 0 Å². The first kappa shape index (κ1) is 14.3. The largest absolute Gasteiger partial charge is 0.134 e. The third kappa shape index (κ3) is 6.04. The summed E-state index contributed by atoms with van der Waals surface area (Å²) in [6.45, 7) is 0. The van der Waals surface area contributed by atoms with E-state index in [9.17, 15) is 0 Å². The van der Waals surface area contributed by atoms with Gasteiger partial charge in [0.1, 0.15) is 0 Å². The Bertz CT molecular complexity index is 477. The Balaban J connectivity index is 1.56. The van der Waals surface area contributed by atoms with Crippen LogP contribution in [0, 0.1) is 0 Å². The van der Waals surface area contributed by atoms with Gasteiger partial charge in [-0.1, -0.05) is 48.5 Å². The fraction of sp³-hybridized carbons (Fsp3) is 0.176. The van der Waals surface area contributed by atoms with Crippen molar-refractivity contribution < 1.29 is 0 Å². The standard InChI is InChI=1S/C17H18S2/c1-3-8-16(9-4-1)12-15-18-13-7-14-19-17-10-5-2-6-11-17/h1-6,8-12,15H,7,13-14H2/b15-12+. The summed E-state index contributed by atoms with van der Waals surface area (Å²) >= 11 is 3.83. The molecule has 2 heteroatoms. The molecule has 0 saturated carbocycles. The summed E-state index contributed by atoms with van der Waals surface area (Å²) < 4.78 is 0. The van der Waals surface area contributed by atoms with Crippen molar-refractivity contribution in [3.8, 4) is 0 Å². The lowest BCUT2D eigenvalue weighted by atomic mass is 10.2. The van der Waals surface area contributed by atoms with Gasteiger partial charge in [-0.3, -0.25) is 0 Å². The SMILES string of the molecule is C(=C\c1ccccc1)/SCCCSc1ccccc1. The van der Waals surface area contributed by atoms with E-state index in [1.807, 2.05) is 29.6 Å². The van der Waals surface area contributed by atoms with Crippen LogP contribution in [0.2, 0.25) is 0 Å². The van der Waals surface area contributed by atoms with Gasteiger partial charge in [0.15, 0.2) is 0 Å². The summed E-state index contributed by atoms with van der Waals surface area (Å²) in [6, 6.07) is 21.0. The Morgan fingerprint density at radius 1 is 0.789 bits per heavy atom. The number of hydrogen-bond donors (Lipinski definition) is 0. The highest BCUT2D eigenvalue weighted by molar-refractivity contribution is 8.02. The van der Waals surface area contributed by atoms with Gasteiger partial charge in [0.2, 0.25) is 0 Å². The van der Waals surface area contributed by atoms with E-state index in [1.54, 1.807) is 0 Å². The van der Waals surface area contributed by atoms with Gasteiger partial charge in [0.25, 0.3) is 0 Å². The van der Waals surface area contributed by atoms with Crippen LogP contribution < -0.4 is 0 Å². The van der Waals surface area contributed by atoms with E-state index in [4.69, 9.17) is 0 Å². The van der Waals surface area contributed by atoms with E-state index >= 15 is 0 Å². The second kappa shape index (κ2) is 8.89. The van der Waals surface area contributed by atoms with Crippen LogP contribution in [0.25, 0.3) is 6.08 Å². The highest BCUT2D eigenvalue weighted by Gasteiger charge is 1.92. The fourth-order valence-corrected chi connectivity index (χ4v) is 3.37. The first-order chi connectivity index (χ1) is 9.45. The molecule has 0 aliphatic rings. The first-order valence-electron chi connectivity index (χ1n) is 6.46. The molecule has 0 fully saturated rings. The number of rotatable bonds is 7. The van der Waals surface area contributed by atoms with Crippen molar-refractivity contribution >= 4 is 29.6 Å². The van der Waals surface area contributed by atoms with Gasteiger partial charge in [-0.15, -0.1) is 23.5 Å². The van der Waals surface area contributed by atoms with Crippen molar-refractivity contribution in [3.05, 3.63) is 71.6 Å². The summed E-state index contributed by atoms with van der Waals surface area (Å²) in [7, 11) is 0. The topological polar surface area (TPSA) is 0 Å². The minimum Gasteiger partial charge on any atom is -0.134 e. The van der Waals surface area contributed by atoms with Crippen molar-refractivity contribution in [2.75, 3.05) is 11.5 Å². The zero-order valence-electron chi connectivity index (χ0n) is 10.9. The van der Waals surface area contributed by atoms with E-state index in [0.717, 1.165) is 0 Å². The van der Waals surface area contributed by atoms with Crippen LogP contribution in [0.5, 0.6) is 0 Å². The first-order valence-corrected chi connectivity index (χ1v) is 8.49. The van der Waals surface area contributed by atoms with Crippen LogP contribution >= 0.6 is 23.5 Å². The fourth-order valence-electron chi connectivity index (χ4n) is 1.61. The Labute approximate surface area is 124 Å². The van der Waals surface area contributed by atoms with Gasteiger partial charge in [0.05, 0.1) is 0 Å². The molecule has 0 radical (unpaired) electrons. The van der Waals surface area contributed by atoms with Crippen LogP contribution in [0.1, 0.15) is 12.0 Å². The molecule has 0 heterocycles. The number of thioether (sulfide) groups is 2. The summed E-state index contributed by atoms with van der Waals surface area (Å²) in [5.74, 6) is 2.37. The smallest absolute Gasteiger partial charge is 0.00719 e. The number of benzene rings is 2. The van der Waals surface area contributed by atoms with Crippen molar-refractivity contribution in [2.45, 2.75) is 11.3 Å². The highest BCUT2D eigenvalue weighted by atomic mass is 32.2. The molecule has 0 saturated heterocycles. The number of hydrogen-bond acceptors (Lipinski definition) is 2. The summed E-state index contributed by atoms with van der Waals surface area (Å²) in [4.78, 5) is 1.37. The Kier molecular flexibility index (Phi) is 6.69. The highest BCUT2D eigenvalue weighted by Crippen LogP contribution is 2.19. The predicted molar refractivity (Wildman–Crippen MR) is 89.7 cm³/mol. The molecular weight excluding hydrogens is 268 g/mol. The average Bonchev–Trinajstić information content (AvgIpc) is 2.48. The van der Waals surface area contributed by atoms with Gasteiger partial charge >= 0.3 is 0 Å². The van der Waals surface area contributed by atoms with Crippen LogP contribution in [0.4, 0.5) is 0 Å². The molecule has 0 aromatic heterocycles. The third-order valence-electron chi connectivity index (χ3n) is 2.57. The van der Waals surface area contributed by atoms with Gasteiger partial charge in [-0.2, -0.15) is 0 Å². The maximum absolute atomic E-state index is 2.20. The van der Waals surface area contributed by atoms with E-state index in [2.05, 4.69) is 66.1 Å². The molecule has 2 rings (SSSR count). The molecule has 0 unspecified atom stereocenters. The normalized spacial score (nSPS) is 10.9. The minimum atomic E-state index is 1.18. The predicted octanol–water partition coefficient (Wildman–Crippen LogP) is 5.57. The summed E-state index contributed by atoms with van der Waals surface area (Å²) in [5, 5.41) is 2.20. The molecule has 19 heavy (non-hydrogen) atoms. The van der Waals surface area contributed by atoms with E-state index < -0.39 is 0 Å². The van der Waals surface area contributed by atoms with Crippen molar-refractivity contribution in [3.63, 3.8) is 0 Å². The molecule has 0 amide bonds. The van der Waals surface area contributed by atoms with Crippen LogP contribution in [0.3, 0.4) is 0 Å². The lowest BCUT2D eigenvalue weighted by Gasteiger charge is -2.00. The lowest BCUT2D eigenvalue weighted by molar-refractivity contribution is 1.12. The lowest BCUT2D eigenvalue weighted by Crippen LogP contribution is -1.82. The van der Waals surface area contributed by atoms with Crippen LogP contribution in [0.15, 0.2) is 71.0 Å². The average molecular weight is 286 g/mol. The third-order valence-corrected chi connectivity index (χ3v) is 4.53. The molecule has 0 aliphatic carbocycles. The van der Waals surface area contributed by atoms with Gasteiger partial charge in [0, 0.05) is 4.90 Å². The minimum absolute atomic E-state index is 1.18. The molecule has 0 bridgehead atoms. The Hall–Kier alpha value is -1.12. The molecular formula is C17H18S2. The maximum atomic E-state index is 2.20. The second-order valence-electron chi connectivity index (χ2n) is 4.10. The molecule has 0 atom stereocenters. The monoisotopic (exact) mass is 286 g/mol. The Morgan fingerprint density at radius 2 is 1.47 bits per heavy atom. The molecule has 0 spiro atoms. The summed E-state index contributed by atoms with van der Waals surface area (Å²) in [6.07, 6.45) is 3.42.